The number of aromatic nitrogens is 1. The Kier molecular flexibility index (Phi) is 5.33. The lowest BCUT2D eigenvalue weighted by Gasteiger charge is -2.16. The predicted octanol–water partition coefficient (Wildman–Crippen LogP) is 4.06. The molecule has 1 aromatic heterocycles. The summed E-state index contributed by atoms with van der Waals surface area (Å²) in [4.78, 5) is 9.86. The Morgan fingerprint density at radius 3 is 2.33 bits per heavy atom. The van der Waals surface area contributed by atoms with E-state index in [-0.39, 0.29) is 23.2 Å². The van der Waals surface area contributed by atoms with Crippen LogP contribution in [0.4, 0.5) is 24.7 Å². The second-order valence-electron chi connectivity index (χ2n) is 5.28. The van der Waals surface area contributed by atoms with Crippen LogP contribution in [0.25, 0.3) is 11.3 Å². The predicted molar refractivity (Wildman–Crippen MR) is 91.0 cm³/mol. The van der Waals surface area contributed by atoms with Gasteiger partial charge in [0.1, 0.15) is 11.7 Å². The first-order valence-corrected chi connectivity index (χ1v) is 7.50. The zero-order chi connectivity index (χ0) is 17.9. The van der Waals surface area contributed by atoms with Gasteiger partial charge in [0.05, 0.1) is 22.8 Å². The van der Waals surface area contributed by atoms with Gasteiger partial charge < -0.3 is 10.6 Å². The highest BCUT2D eigenvalue weighted by Gasteiger charge is 2.32. The van der Waals surface area contributed by atoms with Crippen molar-refractivity contribution in [2.75, 3.05) is 24.9 Å². The molecule has 0 spiro atoms. The number of benzene rings is 1. The van der Waals surface area contributed by atoms with E-state index < -0.39 is 11.7 Å². The van der Waals surface area contributed by atoms with Gasteiger partial charge >= 0.3 is 6.18 Å². The molecule has 2 rings (SSSR count). The molecule has 0 aliphatic rings. The van der Waals surface area contributed by atoms with E-state index in [0.29, 0.717) is 11.3 Å². The van der Waals surface area contributed by atoms with Crippen LogP contribution in [-0.2, 0) is 6.18 Å². The summed E-state index contributed by atoms with van der Waals surface area (Å²) in [6.45, 7) is 0. The third kappa shape index (κ3) is 4.38. The van der Waals surface area contributed by atoms with Crippen LogP contribution in [0.5, 0.6) is 0 Å². The number of rotatable bonds is 4. The fraction of sp³-hybridized carbons (Fsp3) is 0.250. The standard InChI is InChI=1S/C16H16ClF3N4/c1-24(2)15-8-11(16(18,19)20)7-13(23-15)10-3-5-12(6-4-10)22-14(21)9-17/h3-8H,9H2,1-2H3,(H2,21,22). The topological polar surface area (TPSA) is 54.5 Å². The average molecular weight is 357 g/mol. The summed E-state index contributed by atoms with van der Waals surface area (Å²) in [5.74, 6) is 0.591. The van der Waals surface area contributed by atoms with Crippen LogP contribution in [0.2, 0.25) is 0 Å². The molecule has 0 aliphatic carbocycles. The number of nitrogens with two attached hydrogens (primary N) is 1. The summed E-state index contributed by atoms with van der Waals surface area (Å²) >= 11 is 5.56. The minimum absolute atomic E-state index is 0.100. The molecule has 0 saturated heterocycles. The molecule has 0 fully saturated rings. The summed E-state index contributed by atoms with van der Waals surface area (Å²) in [7, 11) is 3.28. The van der Waals surface area contributed by atoms with Crippen LogP contribution in [0.15, 0.2) is 41.4 Å². The van der Waals surface area contributed by atoms with Crippen molar-refractivity contribution in [3.63, 3.8) is 0 Å². The number of amidine groups is 1. The van der Waals surface area contributed by atoms with E-state index in [0.717, 1.165) is 12.1 Å². The summed E-state index contributed by atoms with van der Waals surface area (Å²) in [5.41, 5.74) is 6.15. The molecule has 24 heavy (non-hydrogen) atoms. The lowest BCUT2D eigenvalue weighted by molar-refractivity contribution is -0.137. The Balaban J connectivity index is 2.46. The third-order valence-electron chi connectivity index (χ3n) is 3.17. The fourth-order valence-corrected chi connectivity index (χ4v) is 2.02. The number of hydrogen-bond acceptors (Lipinski definition) is 3. The Morgan fingerprint density at radius 1 is 1.21 bits per heavy atom. The van der Waals surface area contributed by atoms with Crippen molar-refractivity contribution in [1.82, 2.24) is 4.98 Å². The van der Waals surface area contributed by atoms with Crippen molar-refractivity contribution in [1.29, 1.82) is 0 Å². The first-order chi connectivity index (χ1) is 11.2. The van der Waals surface area contributed by atoms with Crippen LogP contribution >= 0.6 is 11.6 Å². The van der Waals surface area contributed by atoms with Crippen molar-refractivity contribution in [2.24, 2.45) is 10.7 Å². The third-order valence-corrected chi connectivity index (χ3v) is 3.44. The van der Waals surface area contributed by atoms with E-state index in [1.807, 2.05) is 0 Å². The second-order valence-corrected chi connectivity index (χ2v) is 5.54. The SMILES string of the molecule is CN(C)c1cc(C(F)(F)F)cc(-c2ccc(N=C(N)CCl)cc2)n1. The van der Waals surface area contributed by atoms with Crippen LogP contribution in [0.3, 0.4) is 0 Å². The van der Waals surface area contributed by atoms with Gasteiger partial charge in [-0.2, -0.15) is 13.2 Å². The minimum Gasteiger partial charge on any atom is -0.386 e. The maximum Gasteiger partial charge on any atom is 0.416 e. The second kappa shape index (κ2) is 7.09. The molecule has 8 heteroatoms. The van der Waals surface area contributed by atoms with E-state index in [1.165, 1.54) is 4.90 Å². The highest BCUT2D eigenvalue weighted by atomic mass is 35.5. The van der Waals surface area contributed by atoms with Crippen molar-refractivity contribution in [3.05, 3.63) is 42.0 Å². The molecule has 2 N–H and O–H groups in total. The number of anilines is 1. The van der Waals surface area contributed by atoms with Crippen molar-refractivity contribution >= 4 is 28.9 Å². The molecular weight excluding hydrogens is 341 g/mol. The van der Waals surface area contributed by atoms with Crippen LogP contribution in [0.1, 0.15) is 5.56 Å². The Morgan fingerprint density at radius 2 is 1.83 bits per heavy atom. The van der Waals surface area contributed by atoms with Gasteiger partial charge in [-0.05, 0) is 24.3 Å². The molecule has 128 valence electrons. The van der Waals surface area contributed by atoms with Crippen LogP contribution in [0, 0.1) is 0 Å². The van der Waals surface area contributed by atoms with Gasteiger partial charge in [-0.15, -0.1) is 11.6 Å². The highest BCUT2D eigenvalue weighted by Crippen LogP contribution is 2.34. The smallest absolute Gasteiger partial charge is 0.386 e. The lowest BCUT2D eigenvalue weighted by atomic mass is 10.1. The van der Waals surface area contributed by atoms with Crippen LogP contribution < -0.4 is 10.6 Å². The first-order valence-electron chi connectivity index (χ1n) is 6.96. The molecule has 1 heterocycles. The molecular formula is C16H16ClF3N4. The quantitative estimate of drug-likeness (QED) is 0.510. The molecule has 0 radical (unpaired) electrons. The Bertz CT molecular complexity index is 740. The molecule has 0 bridgehead atoms. The number of aliphatic imine (C=N–C) groups is 1. The van der Waals surface area contributed by atoms with Gasteiger partial charge in [-0.25, -0.2) is 9.98 Å². The lowest BCUT2D eigenvalue weighted by Crippen LogP contribution is -2.14. The molecule has 0 unspecified atom stereocenters. The van der Waals surface area contributed by atoms with Gasteiger partial charge in [0.2, 0.25) is 0 Å². The first kappa shape index (κ1) is 18.1. The van der Waals surface area contributed by atoms with Gasteiger partial charge in [-0.1, -0.05) is 12.1 Å². The minimum atomic E-state index is -4.44. The zero-order valence-corrected chi connectivity index (χ0v) is 13.9. The summed E-state index contributed by atoms with van der Waals surface area (Å²) in [5, 5.41) is 0. The van der Waals surface area contributed by atoms with Gasteiger partial charge in [0, 0.05) is 19.7 Å². The molecule has 0 atom stereocenters. The van der Waals surface area contributed by atoms with Crippen molar-refractivity contribution in [3.8, 4) is 11.3 Å². The zero-order valence-electron chi connectivity index (χ0n) is 13.1. The Labute approximate surface area is 142 Å². The van der Waals surface area contributed by atoms with Gasteiger partial charge in [0.25, 0.3) is 0 Å². The number of nitrogens with zero attached hydrogens (tertiary/aromatic N) is 3. The van der Waals surface area contributed by atoms with Crippen LogP contribution in [-0.4, -0.2) is 30.8 Å². The molecule has 4 nitrogen and oxygen atoms in total. The monoisotopic (exact) mass is 356 g/mol. The van der Waals surface area contributed by atoms with E-state index >= 15 is 0 Å². The van der Waals surface area contributed by atoms with E-state index in [9.17, 15) is 13.2 Å². The molecule has 0 amide bonds. The molecule has 1 aromatic carbocycles. The van der Waals surface area contributed by atoms with Gasteiger partial charge in [-0.3, -0.25) is 0 Å². The number of hydrogen-bond donors (Lipinski definition) is 1. The largest absolute Gasteiger partial charge is 0.416 e. The fourth-order valence-electron chi connectivity index (χ4n) is 1.96. The maximum atomic E-state index is 13.1. The molecule has 0 saturated carbocycles. The number of halogens is 4. The highest BCUT2D eigenvalue weighted by molar-refractivity contribution is 6.28. The molecule has 0 aliphatic heterocycles. The maximum absolute atomic E-state index is 13.1. The van der Waals surface area contributed by atoms with E-state index in [2.05, 4.69) is 9.98 Å². The van der Waals surface area contributed by atoms with Gasteiger partial charge in [0.15, 0.2) is 0 Å². The number of alkyl halides is 4. The summed E-state index contributed by atoms with van der Waals surface area (Å²) in [6.07, 6.45) is -4.44. The van der Waals surface area contributed by atoms with E-state index in [1.54, 1.807) is 38.4 Å². The van der Waals surface area contributed by atoms with Crippen molar-refractivity contribution in [2.45, 2.75) is 6.18 Å². The summed E-state index contributed by atoms with van der Waals surface area (Å²) in [6, 6.07) is 8.62. The average Bonchev–Trinajstić information content (AvgIpc) is 2.54. The normalized spacial score (nSPS) is 12.3. The van der Waals surface area contributed by atoms with E-state index in [4.69, 9.17) is 17.3 Å². The summed E-state index contributed by atoms with van der Waals surface area (Å²) < 4.78 is 39.2. The Hall–Kier alpha value is -2.28. The number of pyridine rings is 1. The molecule has 2 aromatic rings. The van der Waals surface area contributed by atoms with Crippen molar-refractivity contribution < 1.29 is 13.2 Å².